The first-order valence-corrected chi connectivity index (χ1v) is 6.78. The van der Waals surface area contributed by atoms with E-state index in [0.29, 0.717) is 5.92 Å². The predicted molar refractivity (Wildman–Crippen MR) is 72.6 cm³/mol. The summed E-state index contributed by atoms with van der Waals surface area (Å²) in [5.41, 5.74) is 1.30. The molecule has 2 rings (SSSR count). The summed E-state index contributed by atoms with van der Waals surface area (Å²) in [6.07, 6.45) is 2.65. The minimum Gasteiger partial charge on any atom is -0.383 e. The van der Waals surface area contributed by atoms with Crippen LogP contribution >= 0.6 is 0 Å². The first-order valence-electron chi connectivity index (χ1n) is 6.78. The highest BCUT2D eigenvalue weighted by molar-refractivity contribution is 5.18. The van der Waals surface area contributed by atoms with Crippen LogP contribution in [-0.2, 0) is 9.47 Å². The van der Waals surface area contributed by atoms with Crippen molar-refractivity contribution in [1.29, 1.82) is 0 Å². The topological polar surface area (TPSA) is 30.5 Å². The molecular formula is C15H23NO2. The van der Waals surface area contributed by atoms with Crippen molar-refractivity contribution in [2.75, 3.05) is 33.4 Å². The summed E-state index contributed by atoms with van der Waals surface area (Å²) >= 11 is 0. The van der Waals surface area contributed by atoms with E-state index in [0.717, 1.165) is 26.3 Å². The average Bonchev–Trinajstić information content (AvgIpc) is 2.45. The van der Waals surface area contributed by atoms with Crippen LogP contribution in [0.2, 0.25) is 0 Å². The van der Waals surface area contributed by atoms with Gasteiger partial charge in [0.1, 0.15) is 0 Å². The Morgan fingerprint density at radius 3 is 2.94 bits per heavy atom. The third-order valence-electron chi connectivity index (χ3n) is 3.46. The molecule has 1 aliphatic rings. The maximum absolute atomic E-state index is 5.96. The third-order valence-corrected chi connectivity index (χ3v) is 3.46. The minimum atomic E-state index is 0.245. The molecular weight excluding hydrogens is 226 g/mol. The number of hydrogen-bond acceptors (Lipinski definition) is 3. The number of nitrogens with one attached hydrogen (secondary N) is 1. The van der Waals surface area contributed by atoms with Gasteiger partial charge >= 0.3 is 0 Å². The van der Waals surface area contributed by atoms with Gasteiger partial charge in [0.05, 0.1) is 12.7 Å². The maximum Gasteiger partial charge on any atom is 0.0865 e. The standard InChI is InChI=1S/C15H23NO2/c1-17-11-9-16-12-14-8-5-10-18-15(14)13-6-3-2-4-7-13/h2-4,6-7,14-16H,5,8-12H2,1H3. The molecule has 100 valence electrons. The molecule has 2 atom stereocenters. The fourth-order valence-electron chi connectivity index (χ4n) is 2.53. The van der Waals surface area contributed by atoms with Gasteiger partial charge < -0.3 is 14.8 Å². The van der Waals surface area contributed by atoms with Crippen molar-refractivity contribution in [3.05, 3.63) is 35.9 Å². The molecule has 3 nitrogen and oxygen atoms in total. The van der Waals surface area contributed by atoms with Crippen molar-refractivity contribution in [3.8, 4) is 0 Å². The summed E-state index contributed by atoms with van der Waals surface area (Å²) < 4.78 is 11.0. The molecule has 1 heterocycles. The summed E-state index contributed by atoms with van der Waals surface area (Å²) in [4.78, 5) is 0. The largest absolute Gasteiger partial charge is 0.383 e. The van der Waals surface area contributed by atoms with E-state index < -0.39 is 0 Å². The summed E-state index contributed by atoms with van der Waals surface area (Å²) in [6.45, 7) is 3.56. The van der Waals surface area contributed by atoms with E-state index in [9.17, 15) is 0 Å². The molecule has 0 radical (unpaired) electrons. The molecule has 1 N–H and O–H groups in total. The van der Waals surface area contributed by atoms with Crippen LogP contribution in [0.1, 0.15) is 24.5 Å². The molecule has 2 unspecified atom stereocenters. The first-order chi connectivity index (χ1) is 8.92. The van der Waals surface area contributed by atoms with Crippen LogP contribution in [-0.4, -0.2) is 33.4 Å². The summed E-state index contributed by atoms with van der Waals surface area (Å²) in [7, 11) is 1.73. The monoisotopic (exact) mass is 249 g/mol. The second kappa shape index (κ2) is 7.52. The fourth-order valence-corrected chi connectivity index (χ4v) is 2.53. The predicted octanol–water partition coefficient (Wildman–Crippen LogP) is 2.39. The molecule has 0 aliphatic carbocycles. The van der Waals surface area contributed by atoms with E-state index in [-0.39, 0.29) is 6.10 Å². The van der Waals surface area contributed by atoms with Gasteiger partial charge in [0.2, 0.25) is 0 Å². The Morgan fingerprint density at radius 2 is 2.17 bits per heavy atom. The second-order valence-electron chi connectivity index (χ2n) is 4.80. The van der Waals surface area contributed by atoms with E-state index in [4.69, 9.17) is 9.47 Å². The molecule has 0 bridgehead atoms. The van der Waals surface area contributed by atoms with Crippen LogP contribution in [0.15, 0.2) is 30.3 Å². The average molecular weight is 249 g/mol. The number of ether oxygens (including phenoxy) is 2. The van der Waals surface area contributed by atoms with Gasteiger partial charge in [0, 0.05) is 32.7 Å². The lowest BCUT2D eigenvalue weighted by atomic mass is 9.89. The summed E-state index contributed by atoms with van der Waals surface area (Å²) in [5, 5.41) is 3.45. The Morgan fingerprint density at radius 1 is 1.33 bits per heavy atom. The van der Waals surface area contributed by atoms with Crippen LogP contribution < -0.4 is 5.32 Å². The van der Waals surface area contributed by atoms with Gasteiger partial charge in [-0.05, 0) is 18.4 Å². The minimum absolute atomic E-state index is 0.245. The molecule has 0 saturated carbocycles. The SMILES string of the molecule is COCCNCC1CCCOC1c1ccccc1. The molecule has 1 fully saturated rings. The highest BCUT2D eigenvalue weighted by Gasteiger charge is 2.26. The Hall–Kier alpha value is -0.900. The zero-order valence-electron chi connectivity index (χ0n) is 11.1. The van der Waals surface area contributed by atoms with Gasteiger partial charge in [-0.15, -0.1) is 0 Å². The maximum atomic E-state index is 5.96. The number of rotatable bonds is 6. The Labute approximate surface area is 109 Å². The molecule has 0 aromatic heterocycles. The fraction of sp³-hybridized carbons (Fsp3) is 0.600. The Kier molecular flexibility index (Phi) is 5.65. The second-order valence-corrected chi connectivity index (χ2v) is 4.80. The highest BCUT2D eigenvalue weighted by atomic mass is 16.5. The van der Waals surface area contributed by atoms with Crippen molar-refractivity contribution < 1.29 is 9.47 Å². The van der Waals surface area contributed by atoms with Gasteiger partial charge in [-0.3, -0.25) is 0 Å². The molecule has 18 heavy (non-hydrogen) atoms. The highest BCUT2D eigenvalue weighted by Crippen LogP contribution is 2.32. The van der Waals surface area contributed by atoms with Gasteiger partial charge in [-0.1, -0.05) is 30.3 Å². The Bertz CT molecular complexity index is 329. The molecule has 0 spiro atoms. The van der Waals surface area contributed by atoms with Crippen molar-refractivity contribution in [3.63, 3.8) is 0 Å². The quantitative estimate of drug-likeness (QED) is 0.785. The Balaban J connectivity index is 1.90. The number of hydrogen-bond donors (Lipinski definition) is 1. The molecule has 0 amide bonds. The van der Waals surface area contributed by atoms with Gasteiger partial charge in [0.25, 0.3) is 0 Å². The lowest BCUT2D eigenvalue weighted by Crippen LogP contribution is -2.33. The smallest absolute Gasteiger partial charge is 0.0865 e. The first kappa shape index (κ1) is 13.5. The van der Waals surface area contributed by atoms with Crippen LogP contribution in [0.25, 0.3) is 0 Å². The zero-order chi connectivity index (χ0) is 12.6. The van der Waals surface area contributed by atoms with E-state index >= 15 is 0 Å². The van der Waals surface area contributed by atoms with Gasteiger partial charge in [0.15, 0.2) is 0 Å². The van der Waals surface area contributed by atoms with Crippen molar-refractivity contribution in [2.45, 2.75) is 18.9 Å². The van der Waals surface area contributed by atoms with Crippen molar-refractivity contribution in [2.24, 2.45) is 5.92 Å². The van der Waals surface area contributed by atoms with E-state index in [1.807, 2.05) is 0 Å². The van der Waals surface area contributed by atoms with Crippen LogP contribution in [0.4, 0.5) is 0 Å². The van der Waals surface area contributed by atoms with Gasteiger partial charge in [-0.25, -0.2) is 0 Å². The molecule has 1 aromatic carbocycles. The van der Waals surface area contributed by atoms with Crippen LogP contribution in [0.3, 0.4) is 0 Å². The number of benzene rings is 1. The van der Waals surface area contributed by atoms with E-state index in [1.165, 1.54) is 18.4 Å². The zero-order valence-corrected chi connectivity index (χ0v) is 11.1. The molecule has 1 saturated heterocycles. The summed E-state index contributed by atoms with van der Waals surface area (Å²) in [6, 6.07) is 10.6. The molecule has 1 aromatic rings. The van der Waals surface area contributed by atoms with Crippen LogP contribution in [0.5, 0.6) is 0 Å². The summed E-state index contributed by atoms with van der Waals surface area (Å²) in [5.74, 6) is 0.568. The number of methoxy groups -OCH3 is 1. The molecule has 3 heteroatoms. The lowest BCUT2D eigenvalue weighted by Gasteiger charge is -2.32. The normalized spacial score (nSPS) is 24.1. The van der Waals surface area contributed by atoms with Crippen molar-refractivity contribution >= 4 is 0 Å². The van der Waals surface area contributed by atoms with Gasteiger partial charge in [-0.2, -0.15) is 0 Å². The lowest BCUT2D eigenvalue weighted by molar-refractivity contribution is -0.0280. The van der Waals surface area contributed by atoms with E-state index in [2.05, 4.69) is 35.6 Å². The third kappa shape index (κ3) is 3.80. The van der Waals surface area contributed by atoms with Crippen molar-refractivity contribution in [1.82, 2.24) is 5.32 Å². The van der Waals surface area contributed by atoms with Crippen LogP contribution in [0, 0.1) is 5.92 Å². The molecule has 1 aliphatic heterocycles. The van der Waals surface area contributed by atoms with E-state index in [1.54, 1.807) is 7.11 Å².